The topological polar surface area (TPSA) is 94.9 Å². The molecule has 0 aliphatic carbocycles. The van der Waals surface area contributed by atoms with Gasteiger partial charge in [-0.1, -0.05) is 23.7 Å². The summed E-state index contributed by atoms with van der Waals surface area (Å²) in [6, 6.07) is 4.43. The number of amides is 2. The SMILES string of the molecule is CCN1C(=O)c2c(O)c(=O)c(C(=O)NCc3cccc(Cl)c3F)cn2N2[C@H](C)CCC[C@@H]12. The quantitative estimate of drug-likeness (QED) is 0.728. The minimum atomic E-state index is -0.951. The first-order valence-corrected chi connectivity index (χ1v) is 10.9. The molecule has 0 bridgehead atoms. The Morgan fingerprint density at radius 2 is 2.06 bits per heavy atom. The maximum atomic E-state index is 14.1. The third-order valence-corrected chi connectivity index (χ3v) is 6.43. The van der Waals surface area contributed by atoms with Crippen LogP contribution in [0.2, 0.25) is 5.02 Å². The minimum Gasteiger partial charge on any atom is -0.502 e. The van der Waals surface area contributed by atoms with Gasteiger partial charge in [0.25, 0.3) is 11.8 Å². The smallest absolute Gasteiger partial charge is 0.278 e. The van der Waals surface area contributed by atoms with Crippen molar-refractivity contribution in [2.75, 3.05) is 11.6 Å². The predicted octanol–water partition coefficient (Wildman–Crippen LogP) is 2.59. The Balaban J connectivity index is 1.73. The molecule has 1 aromatic carbocycles. The summed E-state index contributed by atoms with van der Waals surface area (Å²) in [4.78, 5) is 40.3. The third kappa shape index (κ3) is 3.50. The fourth-order valence-electron chi connectivity index (χ4n) is 4.52. The first-order chi connectivity index (χ1) is 15.3. The summed E-state index contributed by atoms with van der Waals surface area (Å²) >= 11 is 5.77. The zero-order valence-electron chi connectivity index (χ0n) is 17.8. The van der Waals surface area contributed by atoms with Crippen molar-refractivity contribution in [1.82, 2.24) is 14.9 Å². The molecule has 10 heteroatoms. The number of pyridine rings is 1. The summed E-state index contributed by atoms with van der Waals surface area (Å²) in [6.07, 6.45) is 3.60. The van der Waals surface area contributed by atoms with Crippen LogP contribution in [0.4, 0.5) is 4.39 Å². The Morgan fingerprint density at radius 3 is 2.78 bits per heavy atom. The van der Waals surface area contributed by atoms with Crippen LogP contribution in [0, 0.1) is 5.82 Å². The van der Waals surface area contributed by atoms with E-state index in [1.54, 1.807) is 11.0 Å². The van der Waals surface area contributed by atoms with Crippen LogP contribution in [0.5, 0.6) is 5.75 Å². The molecule has 2 N–H and O–H groups in total. The molecule has 1 fully saturated rings. The molecule has 1 saturated heterocycles. The predicted molar refractivity (Wildman–Crippen MR) is 117 cm³/mol. The van der Waals surface area contributed by atoms with Gasteiger partial charge >= 0.3 is 0 Å². The second-order valence-corrected chi connectivity index (χ2v) is 8.45. The minimum absolute atomic E-state index is 0.0213. The van der Waals surface area contributed by atoms with Crippen LogP contribution in [0.1, 0.15) is 59.5 Å². The molecule has 8 nitrogen and oxygen atoms in total. The molecular weight excluding hydrogens is 439 g/mol. The molecule has 32 heavy (non-hydrogen) atoms. The summed E-state index contributed by atoms with van der Waals surface area (Å²) in [5, 5.41) is 15.0. The molecule has 0 spiro atoms. The summed E-state index contributed by atoms with van der Waals surface area (Å²) < 4.78 is 15.6. The van der Waals surface area contributed by atoms with Gasteiger partial charge in [-0.25, -0.2) is 4.39 Å². The largest absolute Gasteiger partial charge is 0.502 e. The number of aromatic hydroxyl groups is 1. The molecule has 2 amide bonds. The molecule has 2 aliphatic rings. The lowest BCUT2D eigenvalue weighted by Crippen LogP contribution is -2.65. The van der Waals surface area contributed by atoms with Gasteiger partial charge in [0.2, 0.25) is 5.43 Å². The molecule has 0 radical (unpaired) electrons. The maximum absolute atomic E-state index is 14.1. The van der Waals surface area contributed by atoms with Crippen LogP contribution < -0.4 is 15.8 Å². The summed E-state index contributed by atoms with van der Waals surface area (Å²) in [7, 11) is 0. The number of fused-ring (bicyclic) bond motifs is 3. The second kappa shape index (κ2) is 8.46. The van der Waals surface area contributed by atoms with Crippen molar-refractivity contribution in [2.24, 2.45) is 0 Å². The molecule has 0 saturated carbocycles. The van der Waals surface area contributed by atoms with Crippen molar-refractivity contribution in [2.45, 2.75) is 51.9 Å². The number of halogens is 2. The number of nitrogens with one attached hydrogen (secondary N) is 1. The lowest BCUT2D eigenvalue weighted by molar-refractivity contribution is 0.0499. The van der Waals surface area contributed by atoms with E-state index in [9.17, 15) is 23.9 Å². The third-order valence-electron chi connectivity index (χ3n) is 6.13. The van der Waals surface area contributed by atoms with E-state index < -0.39 is 28.8 Å². The highest BCUT2D eigenvalue weighted by Crippen LogP contribution is 2.32. The Bertz CT molecular complexity index is 1150. The van der Waals surface area contributed by atoms with Crippen LogP contribution in [0.3, 0.4) is 0 Å². The van der Waals surface area contributed by atoms with Crippen LogP contribution in [0.25, 0.3) is 0 Å². The van der Waals surface area contributed by atoms with Gasteiger partial charge in [0.15, 0.2) is 11.4 Å². The monoisotopic (exact) mass is 462 g/mol. The van der Waals surface area contributed by atoms with Gasteiger partial charge < -0.3 is 15.3 Å². The van der Waals surface area contributed by atoms with E-state index in [0.29, 0.717) is 6.54 Å². The first-order valence-electron chi connectivity index (χ1n) is 10.6. The average molecular weight is 463 g/mol. The van der Waals surface area contributed by atoms with Crippen LogP contribution in [-0.4, -0.2) is 45.2 Å². The molecule has 170 valence electrons. The van der Waals surface area contributed by atoms with Gasteiger partial charge in [0.05, 0.1) is 5.02 Å². The lowest BCUT2D eigenvalue weighted by Gasteiger charge is -2.51. The summed E-state index contributed by atoms with van der Waals surface area (Å²) in [6.45, 7) is 4.07. The molecule has 2 aliphatic heterocycles. The number of nitrogens with zero attached hydrogens (tertiary/aromatic N) is 3. The van der Waals surface area contributed by atoms with E-state index in [0.717, 1.165) is 19.3 Å². The normalized spacial score (nSPS) is 20.1. The van der Waals surface area contributed by atoms with Crippen LogP contribution >= 0.6 is 11.6 Å². The van der Waals surface area contributed by atoms with Gasteiger partial charge in [-0.05, 0) is 39.2 Å². The maximum Gasteiger partial charge on any atom is 0.278 e. The Kier molecular flexibility index (Phi) is 5.85. The highest BCUT2D eigenvalue weighted by molar-refractivity contribution is 6.30. The zero-order valence-corrected chi connectivity index (χ0v) is 18.5. The standard InChI is InChI=1S/C22H24ClFN4O4/c1-3-26-16-9-4-6-12(2)28(16)27-11-14(19(29)20(30)18(27)22(26)32)21(31)25-10-13-7-5-8-15(23)17(13)24/h5,7-8,11-12,16,30H,3-4,6,9-10H2,1-2H3,(H,25,31)/t12-,16+/m1/s1. The molecule has 1 aromatic heterocycles. The number of hydrogen-bond acceptors (Lipinski definition) is 5. The first kappa shape index (κ1) is 22.1. The Morgan fingerprint density at radius 1 is 1.31 bits per heavy atom. The van der Waals surface area contributed by atoms with Crippen LogP contribution in [0.15, 0.2) is 29.2 Å². The van der Waals surface area contributed by atoms with Crippen molar-refractivity contribution in [1.29, 1.82) is 0 Å². The lowest BCUT2D eigenvalue weighted by atomic mass is 10.00. The highest BCUT2D eigenvalue weighted by atomic mass is 35.5. The van der Waals surface area contributed by atoms with Gasteiger partial charge in [-0.15, -0.1) is 0 Å². The average Bonchev–Trinajstić information content (AvgIpc) is 2.76. The van der Waals surface area contributed by atoms with Crippen molar-refractivity contribution in [3.8, 4) is 5.75 Å². The van der Waals surface area contributed by atoms with E-state index in [4.69, 9.17) is 11.6 Å². The van der Waals surface area contributed by atoms with Crippen molar-refractivity contribution >= 4 is 23.4 Å². The van der Waals surface area contributed by atoms with Crippen molar-refractivity contribution in [3.63, 3.8) is 0 Å². The number of carbonyl (C=O) groups is 2. The Labute approximate surface area is 189 Å². The number of aromatic nitrogens is 1. The van der Waals surface area contributed by atoms with Gasteiger partial charge in [0, 0.05) is 30.9 Å². The van der Waals surface area contributed by atoms with Crippen LogP contribution in [-0.2, 0) is 6.54 Å². The fraction of sp³-hybridized carbons (Fsp3) is 0.409. The van der Waals surface area contributed by atoms with Gasteiger partial charge in [-0.2, -0.15) is 0 Å². The summed E-state index contributed by atoms with van der Waals surface area (Å²) in [5.74, 6) is -2.67. The highest BCUT2D eigenvalue weighted by Gasteiger charge is 2.43. The van der Waals surface area contributed by atoms with E-state index in [2.05, 4.69) is 5.32 Å². The second-order valence-electron chi connectivity index (χ2n) is 8.04. The number of piperidine rings is 1. The number of benzene rings is 1. The Hall–Kier alpha value is -3.07. The number of hydrogen-bond donors (Lipinski definition) is 2. The molecule has 2 atom stereocenters. The van der Waals surface area contributed by atoms with E-state index in [1.807, 2.05) is 18.9 Å². The number of carbonyl (C=O) groups excluding carboxylic acids is 2. The molecule has 0 unspecified atom stereocenters. The van der Waals surface area contributed by atoms with E-state index >= 15 is 0 Å². The van der Waals surface area contributed by atoms with Gasteiger partial charge in [0.1, 0.15) is 17.5 Å². The zero-order chi connectivity index (χ0) is 23.2. The molecule has 4 rings (SSSR count). The van der Waals surface area contributed by atoms with E-state index in [-0.39, 0.29) is 40.6 Å². The van der Waals surface area contributed by atoms with Gasteiger partial charge in [-0.3, -0.25) is 24.1 Å². The summed E-state index contributed by atoms with van der Waals surface area (Å²) in [5.41, 5.74) is -1.28. The number of rotatable bonds is 4. The molecule has 2 aromatic rings. The van der Waals surface area contributed by atoms with E-state index in [1.165, 1.54) is 23.0 Å². The fourth-order valence-corrected chi connectivity index (χ4v) is 4.72. The molecular formula is C22H24ClFN4O4. The molecule has 3 heterocycles. The van der Waals surface area contributed by atoms with Crippen molar-refractivity contribution < 1.29 is 19.1 Å². The van der Waals surface area contributed by atoms with Crippen molar-refractivity contribution in [3.05, 3.63) is 62.3 Å².